The van der Waals surface area contributed by atoms with Crippen molar-refractivity contribution in [2.45, 2.75) is 51.6 Å². The van der Waals surface area contributed by atoms with E-state index in [0.29, 0.717) is 0 Å². The fourth-order valence-electron chi connectivity index (χ4n) is 1.53. The molecule has 0 aliphatic carbocycles. The summed E-state index contributed by atoms with van der Waals surface area (Å²) >= 11 is 4.86. The Morgan fingerprint density at radius 3 is 2.73 bits per heavy atom. The predicted molar refractivity (Wildman–Crippen MR) is 68.1 cm³/mol. The molecule has 0 radical (unpaired) electrons. The summed E-state index contributed by atoms with van der Waals surface area (Å²) in [6.45, 7) is 2.21. The van der Waals surface area contributed by atoms with Gasteiger partial charge in [-0.2, -0.15) is 0 Å². The lowest BCUT2D eigenvalue weighted by molar-refractivity contribution is 0.166. The SMILES string of the molecule is CCCCCCCC(O)c1scnc1Br. The molecule has 0 fully saturated rings. The highest BCUT2D eigenvalue weighted by atomic mass is 79.9. The van der Waals surface area contributed by atoms with Crippen LogP contribution in [0.4, 0.5) is 0 Å². The molecule has 1 heterocycles. The molecule has 1 aromatic heterocycles. The first-order valence-electron chi connectivity index (χ1n) is 5.52. The Balaban J connectivity index is 2.19. The first-order chi connectivity index (χ1) is 7.25. The van der Waals surface area contributed by atoms with E-state index in [0.717, 1.165) is 22.3 Å². The number of hydrogen-bond acceptors (Lipinski definition) is 3. The van der Waals surface area contributed by atoms with Gasteiger partial charge in [0.05, 0.1) is 16.5 Å². The van der Waals surface area contributed by atoms with Gasteiger partial charge in [-0.15, -0.1) is 11.3 Å². The molecule has 0 saturated heterocycles. The predicted octanol–water partition coefficient (Wildman–Crippen LogP) is 4.30. The fraction of sp³-hybridized carbons (Fsp3) is 0.727. The van der Waals surface area contributed by atoms with Gasteiger partial charge in [0.1, 0.15) is 4.60 Å². The van der Waals surface area contributed by atoms with Gasteiger partial charge in [-0.1, -0.05) is 39.0 Å². The number of unbranched alkanes of at least 4 members (excludes halogenated alkanes) is 4. The summed E-state index contributed by atoms with van der Waals surface area (Å²) in [4.78, 5) is 5.03. The zero-order chi connectivity index (χ0) is 11.1. The Labute approximate surface area is 104 Å². The molecule has 1 N–H and O–H groups in total. The molecule has 1 aromatic rings. The van der Waals surface area contributed by atoms with Crippen LogP contribution >= 0.6 is 27.3 Å². The molecular weight excluding hydrogens is 274 g/mol. The van der Waals surface area contributed by atoms with E-state index in [1.807, 2.05) is 0 Å². The van der Waals surface area contributed by atoms with Crippen molar-refractivity contribution in [1.82, 2.24) is 4.98 Å². The van der Waals surface area contributed by atoms with E-state index >= 15 is 0 Å². The van der Waals surface area contributed by atoms with E-state index in [9.17, 15) is 5.11 Å². The Bertz CT molecular complexity index is 277. The van der Waals surface area contributed by atoms with Crippen molar-refractivity contribution in [3.63, 3.8) is 0 Å². The summed E-state index contributed by atoms with van der Waals surface area (Å²) in [5.41, 5.74) is 1.76. The molecule has 0 aliphatic rings. The second-order valence-electron chi connectivity index (χ2n) is 3.73. The van der Waals surface area contributed by atoms with Crippen molar-refractivity contribution in [3.8, 4) is 0 Å². The van der Waals surface area contributed by atoms with Crippen LogP contribution in [0.5, 0.6) is 0 Å². The van der Waals surface area contributed by atoms with Gasteiger partial charge in [0.15, 0.2) is 0 Å². The summed E-state index contributed by atoms with van der Waals surface area (Å²) in [6.07, 6.45) is 6.70. The number of thiazole rings is 1. The van der Waals surface area contributed by atoms with Gasteiger partial charge in [-0.25, -0.2) is 4.98 Å². The number of halogens is 1. The van der Waals surface area contributed by atoms with Crippen LogP contribution in [-0.4, -0.2) is 10.1 Å². The third-order valence-corrected chi connectivity index (χ3v) is 4.26. The highest BCUT2D eigenvalue weighted by molar-refractivity contribution is 9.10. The topological polar surface area (TPSA) is 33.1 Å². The first kappa shape index (κ1) is 13.1. The molecule has 0 aliphatic heterocycles. The number of hydrogen-bond donors (Lipinski definition) is 1. The fourth-order valence-corrected chi connectivity index (χ4v) is 3.01. The molecule has 0 aromatic carbocycles. The molecule has 0 bridgehead atoms. The molecule has 1 rings (SSSR count). The number of aliphatic hydroxyl groups excluding tert-OH is 1. The molecule has 0 spiro atoms. The van der Waals surface area contributed by atoms with E-state index in [1.165, 1.54) is 37.0 Å². The summed E-state index contributed by atoms with van der Waals surface area (Å²) < 4.78 is 0.800. The monoisotopic (exact) mass is 291 g/mol. The average Bonchev–Trinajstić information content (AvgIpc) is 2.64. The van der Waals surface area contributed by atoms with Gasteiger partial charge in [0.25, 0.3) is 0 Å². The smallest absolute Gasteiger partial charge is 0.122 e. The summed E-state index contributed by atoms with van der Waals surface area (Å²) in [5.74, 6) is 0. The summed E-state index contributed by atoms with van der Waals surface area (Å²) in [7, 11) is 0. The highest BCUT2D eigenvalue weighted by Crippen LogP contribution is 2.29. The maximum absolute atomic E-state index is 9.89. The van der Waals surface area contributed by atoms with Crippen LogP contribution in [0.1, 0.15) is 56.4 Å². The van der Waals surface area contributed by atoms with Crippen molar-refractivity contribution < 1.29 is 5.11 Å². The third kappa shape index (κ3) is 4.62. The quantitative estimate of drug-likeness (QED) is 0.760. The van der Waals surface area contributed by atoms with E-state index in [-0.39, 0.29) is 6.10 Å². The normalized spacial score (nSPS) is 13.0. The third-order valence-electron chi connectivity index (χ3n) is 2.43. The molecule has 2 nitrogen and oxygen atoms in total. The maximum Gasteiger partial charge on any atom is 0.122 e. The first-order valence-corrected chi connectivity index (χ1v) is 7.20. The van der Waals surface area contributed by atoms with Gasteiger partial charge in [-0.3, -0.25) is 0 Å². The maximum atomic E-state index is 9.89. The van der Waals surface area contributed by atoms with Crippen LogP contribution in [-0.2, 0) is 0 Å². The molecule has 1 atom stereocenters. The minimum absolute atomic E-state index is 0.339. The highest BCUT2D eigenvalue weighted by Gasteiger charge is 2.13. The van der Waals surface area contributed by atoms with Crippen molar-refractivity contribution in [1.29, 1.82) is 0 Å². The molecule has 0 saturated carbocycles. The number of nitrogens with zero attached hydrogens (tertiary/aromatic N) is 1. The van der Waals surface area contributed by atoms with Crippen LogP contribution in [0, 0.1) is 0 Å². The standard InChI is InChI=1S/C11H18BrNOS/c1-2-3-4-5-6-7-9(14)10-11(12)13-8-15-10/h8-9,14H,2-7H2,1H3. The number of rotatable bonds is 7. The Morgan fingerprint density at radius 1 is 1.40 bits per heavy atom. The summed E-state index contributed by atoms with van der Waals surface area (Å²) in [6, 6.07) is 0. The van der Waals surface area contributed by atoms with Crippen LogP contribution < -0.4 is 0 Å². The van der Waals surface area contributed by atoms with Crippen LogP contribution in [0.15, 0.2) is 10.1 Å². The Kier molecular flexibility index (Phi) is 6.45. The van der Waals surface area contributed by atoms with Gasteiger partial charge in [-0.05, 0) is 22.4 Å². The van der Waals surface area contributed by atoms with E-state index in [4.69, 9.17) is 0 Å². The lowest BCUT2D eigenvalue weighted by Crippen LogP contribution is -1.95. The van der Waals surface area contributed by atoms with Crippen molar-refractivity contribution in [2.75, 3.05) is 0 Å². The zero-order valence-corrected chi connectivity index (χ0v) is 11.5. The van der Waals surface area contributed by atoms with Gasteiger partial charge < -0.3 is 5.11 Å². The van der Waals surface area contributed by atoms with Gasteiger partial charge >= 0.3 is 0 Å². The zero-order valence-electron chi connectivity index (χ0n) is 9.08. The minimum Gasteiger partial charge on any atom is -0.387 e. The van der Waals surface area contributed by atoms with Gasteiger partial charge in [0, 0.05) is 0 Å². The van der Waals surface area contributed by atoms with E-state index in [2.05, 4.69) is 27.8 Å². The van der Waals surface area contributed by atoms with Crippen LogP contribution in [0.3, 0.4) is 0 Å². The lowest BCUT2D eigenvalue weighted by Gasteiger charge is -2.08. The molecular formula is C11H18BrNOS. The van der Waals surface area contributed by atoms with E-state index in [1.54, 1.807) is 5.51 Å². The second-order valence-corrected chi connectivity index (χ2v) is 5.36. The van der Waals surface area contributed by atoms with Gasteiger partial charge in [0.2, 0.25) is 0 Å². The molecule has 86 valence electrons. The van der Waals surface area contributed by atoms with Crippen LogP contribution in [0.25, 0.3) is 0 Å². The number of aliphatic hydroxyl groups is 1. The Morgan fingerprint density at radius 2 is 2.13 bits per heavy atom. The second kappa shape index (κ2) is 7.36. The van der Waals surface area contributed by atoms with Crippen LogP contribution in [0.2, 0.25) is 0 Å². The Hall–Kier alpha value is 0.0700. The molecule has 15 heavy (non-hydrogen) atoms. The van der Waals surface area contributed by atoms with Crippen molar-refractivity contribution >= 4 is 27.3 Å². The minimum atomic E-state index is -0.339. The van der Waals surface area contributed by atoms with E-state index < -0.39 is 0 Å². The molecule has 1 unspecified atom stereocenters. The number of aromatic nitrogens is 1. The lowest BCUT2D eigenvalue weighted by atomic mass is 10.1. The van der Waals surface area contributed by atoms with Crippen molar-refractivity contribution in [2.24, 2.45) is 0 Å². The molecule has 4 heteroatoms. The molecule has 0 amide bonds. The average molecular weight is 292 g/mol. The largest absolute Gasteiger partial charge is 0.387 e. The van der Waals surface area contributed by atoms with Crippen molar-refractivity contribution in [3.05, 3.63) is 15.0 Å². The summed E-state index contributed by atoms with van der Waals surface area (Å²) in [5, 5.41) is 9.89.